The molecule has 1 N–H and O–H groups in total. The lowest BCUT2D eigenvalue weighted by Gasteiger charge is -2.29. The van der Waals surface area contributed by atoms with E-state index in [-0.39, 0.29) is 11.2 Å². The van der Waals surface area contributed by atoms with Gasteiger partial charge in [-0.2, -0.15) is 0 Å². The molecule has 2 heterocycles. The van der Waals surface area contributed by atoms with Gasteiger partial charge in [0, 0.05) is 38.6 Å². The summed E-state index contributed by atoms with van der Waals surface area (Å²) in [5.41, 5.74) is 0.811. The summed E-state index contributed by atoms with van der Waals surface area (Å²) < 4.78 is 14.2. The van der Waals surface area contributed by atoms with Crippen LogP contribution in [0.25, 0.3) is 0 Å². The molecule has 0 spiro atoms. The monoisotopic (exact) mass is 372 g/mol. The van der Waals surface area contributed by atoms with Crippen LogP contribution >= 0.6 is 0 Å². The molecule has 0 bridgehead atoms. The third-order valence-electron chi connectivity index (χ3n) is 6.65. The zero-order chi connectivity index (χ0) is 18.7. The van der Waals surface area contributed by atoms with Crippen LogP contribution in [0.5, 0.6) is 0 Å². The summed E-state index contributed by atoms with van der Waals surface area (Å²) in [6, 6.07) is 7.24. The zero-order valence-electron chi connectivity index (χ0n) is 16.6. The Balaban J connectivity index is 1.30. The van der Waals surface area contributed by atoms with Crippen LogP contribution in [0.2, 0.25) is 0 Å². The summed E-state index contributed by atoms with van der Waals surface area (Å²) in [6.45, 7) is 6.71. The Morgan fingerprint density at radius 1 is 1.19 bits per heavy atom. The van der Waals surface area contributed by atoms with Crippen molar-refractivity contribution in [1.29, 1.82) is 0 Å². The van der Waals surface area contributed by atoms with Gasteiger partial charge in [-0.1, -0.05) is 24.6 Å². The van der Waals surface area contributed by atoms with E-state index in [2.05, 4.69) is 20.1 Å². The molecule has 1 atom stereocenters. The minimum atomic E-state index is -0.0745. The molecule has 148 valence electrons. The average Bonchev–Trinajstić information content (AvgIpc) is 3.34. The van der Waals surface area contributed by atoms with Gasteiger partial charge in [-0.25, -0.2) is 4.39 Å². The van der Waals surface area contributed by atoms with Crippen molar-refractivity contribution < 1.29 is 4.39 Å². The van der Waals surface area contributed by atoms with Crippen LogP contribution in [0.3, 0.4) is 0 Å². The van der Waals surface area contributed by atoms with E-state index in [0.29, 0.717) is 0 Å². The van der Waals surface area contributed by atoms with Crippen LogP contribution in [0.15, 0.2) is 29.3 Å². The van der Waals surface area contributed by atoms with Crippen LogP contribution in [-0.4, -0.2) is 62.1 Å². The molecule has 2 aliphatic heterocycles. The van der Waals surface area contributed by atoms with E-state index in [1.807, 2.05) is 19.2 Å². The molecular weight excluding hydrogens is 339 g/mol. The number of halogens is 1. The molecule has 0 amide bonds. The van der Waals surface area contributed by atoms with Gasteiger partial charge in [-0.05, 0) is 62.7 Å². The highest BCUT2D eigenvalue weighted by Gasteiger charge is 2.46. The fourth-order valence-corrected chi connectivity index (χ4v) is 4.85. The van der Waals surface area contributed by atoms with Gasteiger partial charge in [0.05, 0.1) is 0 Å². The lowest BCUT2D eigenvalue weighted by molar-refractivity contribution is 0.198. The van der Waals surface area contributed by atoms with Crippen molar-refractivity contribution in [2.45, 2.75) is 43.9 Å². The fraction of sp³-hybridized carbons (Fsp3) is 0.682. The van der Waals surface area contributed by atoms with Crippen molar-refractivity contribution in [3.8, 4) is 0 Å². The first kappa shape index (κ1) is 18.7. The van der Waals surface area contributed by atoms with Gasteiger partial charge < -0.3 is 15.1 Å². The number of hydrogen-bond acceptors (Lipinski definition) is 2. The molecule has 3 aliphatic rings. The van der Waals surface area contributed by atoms with Crippen LogP contribution < -0.4 is 5.32 Å². The van der Waals surface area contributed by atoms with Gasteiger partial charge in [0.25, 0.3) is 0 Å². The van der Waals surface area contributed by atoms with Crippen molar-refractivity contribution in [3.05, 3.63) is 35.6 Å². The van der Waals surface area contributed by atoms with Crippen molar-refractivity contribution in [3.63, 3.8) is 0 Å². The Morgan fingerprint density at radius 2 is 1.96 bits per heavy atom. The summed E-state index contributed by atoms with van der Waals surface area (Å²) in [5.74, 6) is 1.65. The molecule has 4 nitrogen and oxygen atoms in total. The van der Waals surface area contributed by atoms with Crippen LogP contribution in [0.4, 0.5) is 4.39 Å². The van der Waals surface area contributed by atoms with Gasteiger partial charge in [0.15, 0.2) is 5.96 Å². The standard InChI is InChI=1S/C22H33FN4/c1-24-21(25-17-22(10-11-22)19-7-3-4-8-20(19)23)27-14-9-18(16-27)15-26-12-5-2-6-13-26/h3-4,7-8,18H,2,5-6,9-17H2,1H3,(H,24,25). The maximum atomic E-state index is 14.2. The number of aliphatic imine (C=N–C) groups is 1. The molecule has 4 rings (SSSR count). The third kappa shape index (κ3) is 4.29. The lowest BCUT2D eigenvalue weighted by Crippen LogP contribution is -2.44. The third-order valence-corrected chi connectivity index (χ3v) is 6.65. The molecule has 27 heavy (non-hydrogen) atoms. The molecule has 1 saturated carbocycles. The average molecular weight is 373 g/mol. The minimum absolute atomic E-state index is 0.0474. The van der Waals surface area contributed by atoms with Crippen LogP contribution in [0.1, 0.15) is 44.1 Å². The molecule has 1 aromatic rings. The van der Waals surface area contributed by atoms with E-state index in [1.54, 1.807) is 12.1 Å². The van der Waals surface area contributed by atoms with E-state index >= 15 is 0 Å². The predicted molar refractivity (Wildman–Crippen MR) is 109 cm³/mol. The van der Waals surface area contributed by atoms with Crippen molar-refractivity contribution in [2.75, 3.05) is 46.3 Å². The number of piperidine rings is 1. The molecule has 0 aromatic heterocycles. The summed E-state index contributed by atoms with van der Waals surface area (Å²) in [6.07, 6.45) is 7.46. The fourth-order valence-electron chi connectivity index (χ4n) is 4.85. The maximum Gasteiger partial charge on any atom is 0.193 e. The quantitative estimate of drug-likeness (QED) is 0.636. The number of benzene rings is 1. The highest BCUT2D eigenvalue weighted by atomic mass is 19.1. The maximum absolute atomic E-state index is 14.2. The smallest absolute Gasteiger partial charge is 0.193 e. The topological polar surface area (TPSA) is 30.9 Å². The molecule has 2 saturated heterocycles. The Labute approximate surface area is 162 Å². The van der Waals surface area contributed by atoms with E-state index in [0.717, 1.165) is 49.9 Å². The van der Waals surface area contributed by atoms with E-state index in [4.69, 9.17) is 0 Å². The number of rotatable bonds is 5. The SMILES string of the molecule is CN=C(NCC1(c2ccccc2F)CC1)N1CCC(CN2CCCCC2)C1. The highest BCUT2D eigenvalue weighted by Crippen LogP contribution is 2.48. The number of nitrogens with zero attached hydrogens (tertiary/aromatic N) is 3. The minimum Gasteiger partial charge on any atom is -0.355 e. The van der Waals surface area contributed by atoms with E-state index in [1.165, 1.54) is 45.3 Å². The first-order valence-electron chi connectivity index (χ1n) is 10.6. The molecule has 0 radical (unpaired) electrons. The second-order valence-corrected chi connectivity index (χ2v) is 8.62. The Kier molecular flexibility index (Phi) is 5.67. The normalized spacial score (nSPS) is 25.6. The second kappa shape index (κ2) is 8.17. The highest BCUT2D eigenvalue weighted by molar-refractivity contribution is 5.80. The zero-order valence-corrected chi connectivity index (χ0v) is 16.6. The summed E-state index contributed by atoms with van der Waals surface area (Å²) in [4.78, 5) is 9.56. The Morgan fingerprint density at radius 3 is 2.67 bits per heavy atom. The number of nitrogens with one attached hydrogen (secondary N) is 1. The number of guanidine groups is 1. The second-order valence-electron chi connectivity index (χ2n) is 8.62. The first-order chi connectivity index (χ1) is 13.2. The lowest BCUT2D eigenvalue weighted by atomic mass is 9.95. The van der Waals surface area contributed by atoms with Gasteiger partial charge >= 0.3 is 0 Å². The number of hydrogen-bond donors (Lipinski definition) is 1. The van der Waals surface area contributed by atoms with Crippen LogP contribution in [0, 0.1) is 11.7 Å². The van der Waals surface area contributed by atoms with Gasteiger partial charge in [0.1, 0.15) is 5.82 Å². The summed E-state index contributed by atoms with van der Waals surface area (Å²) >= 11 is 0. The van der Waals surface area contributed by atoms with Crippen LogP contribution in [-0.2, 0) is 5.41 Å². The molecule has 5 heteroatoms. The largest absolute Gasteiger partial charge is 0.355 e. The molecule has 1 aromatic carbocycles. The van der Waals surface area contributed by atoms with Gasteiger partial charge in [-0.3, -0.25) is 4.99 Å². The van der Waals surface area contributed by atoms with Crippen molar-refractivity contribution in [2.24, 2.45) is 10.9 Å². The van der Waals surface area contributed by atoms with E-state index in [9.17, 15) is 4.39 Å². The molecule has 1 unspecified atom stereocenters. The summed E-state index contributed by atoms with van der Waals surface area (Å²) in [7, 11) is 1.86. The molecule has 1 aliphatic carbocycles. The van der Waals surface area contributed by atoms with Crippen molar-refractivity contribution in [1.82, 2.24) is 15.1 Å². The Hall–Kier alpha value is -1.62. The van der Waals surface area contributed by atoms with E-state index < -0.39 is 0 Å². The first-order valence-corrected chi connectivity index (χ1v) is 10.6. The van der Waals surface area contributed by atoms with Gasteiger partial charge in [-0.15, -0.1) is 0 Å². The number of likely N-dealkylation sites (tertiary alicyclic amines) is 2. The van der Waals surface area contributed by atoms with Gasteiger partial charge in [0.2, 0.25) is 0 Å². The Bertz CT molecular complexity index is 664. The molecular formula is C22H33FN4. The molecule has 3 fully saturated rings. The predicted octanol–water partition coefficient (Wildman–Crippen LogP) is 3.24. The van der Waals surface area contributed by atoms with Crippen molar-refractivity contribution >= 4 is 5.96 Å². The summed E-state index contributed by atoms with van der Waals surface area (Å²) in [5, 5.41) is 3.56.